The van der Waals surface area contributed by atoms with Gasteiger partial charge in [-0.1, -0.05) is 60.2 Å². The van der Waals surface area contributed by atoms with Crippen LogP contribution in [0, 0.1) is 12.8 Å². The van der Waals surface area contributed by atoms with E-state index in [1.54, 1.807) is 11.9 Å². The molecule has 4 nitrogen and oxygen atoms in total. The number of benzene rings is 2. The summed E-state index contributed by atoms with van der Waals surface area (Å²) in [5.41, 5.74) is 3.22. The van der Waals surface area contributed by atoms with Gasteiger partial charge in [-0.15, -0.1) is 0 Å². The summed E-state index contributed by atoms with van der Waals surface area (Å²) in [5, 5.41) is 2.98. The zero-order chi connectivity index (χ0) is 17.1. The van der Waals surface area contributed by atoms with E-state index >= 15 is 0 Å². The van der Waals surface area contributed by atoms with Gasteiger partial charge >= 0.3 is 0 Å². The summed E-state index contributed by atoms with van der Waals surface area (Å²) in [6, 6.07) is 17.6. The highest BCUT2D eigenvalue weighted by atomic mass is 16.2. The Morgan fingerprint density at radius 3 is 2.46 bits per heavy atom. The molecule has 2 aromatic rings. The van der Waals surface area contributed by atoms with Crippen LogP contribution in [0.15, 0.2) is 54.6 Å². The van der Waals surface area contributed by atoms with E-state index in [1.807, 2.05) is 61.5 Å². The number of hydrogen-bond donors (Lipinski definition) is 1. The molecular weight excluding hydrogens is 300 g/mol. The van der Waals surface area contributed by atoms with Crippen molar-refractivity contribution < 1.29 is 9.59 Å². The molecule has 2 aromatic carbocycles. The van der Waals surface area contributed by atoms with E-state index in [-0.39, 0.29) is 30.2 Å². The molecule has 0 aliphatic carbocycles. The van der Waals surface area contributed by atoms with Crippen molar-refractivity contribution in [2.45, 2.75) is 25.9 Å². The summed E-state index contributed by atoms with van der Waals surface area (Å²) in [7, 11) is 1.78. The first-order valence-corrected chi connectivity index (χ1v) is 8.20. The molecule has 0 spiro atoms. The second-order valence-corrected chi connectivity index (χ2v) is 6.37. The van der Waals surface area contributed by atoms with Gasteiger partial charge in [0.25, 0.3) is 0 Å². The number of aryl methyl sites for hydroxylation is 1. The van der Waals surface area contributed by atoms with E-state index in [1.165, 1.54) is 0 Å². The highest BCUT2D eigenvalue weighted by molar-refractivity contribution is 5.90. The van der Waals surface area contributed by atoms with Gasteiger partial charge in [0.15, 0.2) is 0 Å². The van der Waals surface area contributed by atoms with Crippen LogP contribution in [0.4, 0.5) is 0 Å². The largest absolute Gasteiger partial charge is 0.352 e. The van der Waals surface area contributed by atoms with E-state index in [2.05, 4.69) is 5.32 Å². The smallest absolute Gasteiger partial charge is 0.226 e. The standard InChI is InChI=1S/C20H22N2O2/c1-14-8-10-16(11-9-14)19-17(12-18(23)22(19)2)20(24)21-13-15-6-4-3-5-7-15/h3-11,17,19H,12-13H2,1-2H3,(H,21,24)/t17-,19-/m1/s1. The van der Waals surface area contributed by atoms with Crippen molar-refractivity contribution >= 4 is 11.8 Å². The maximum Gasteiger partial charge on any atom is 0.226 e. The molecule has 3 rings (SSSR count). The number of carbonyl (C=O) groups excluding carboxylic acids is 2. The van der Waals surface area contributed by atoms with Gasteiger partial charge in [0.1, 0.15) is 0 Å². The molecule has 1 aliphatic rings. The molecule has 1 heterocycles. The van der Waals surface area contributed by atoms with Crippen LogP contribution < -0.4 is 5.32 Å². The molecule has 2 amide bonds. The number of likely N-dealkylation sites (tertiary alicyclic amines) is 1. The lowest BCUT2D eigenvalue weighted by molar-refractivity contribution is -0.128. The Kier molecular flexibility index (Phi) is 4.65. The first kappa shape index (κ1) is 16.2. The third-order valence-corrected chi connectivity index (χ3v) is 4.65. The SMILES string of the molecule is Cc1ccc([C@@H]2[C@H](C(=O)NCc3ccccc3)CC(=O)N2C)cc1. The number of rotatable bonds is 4. The van der Waals surface area contributed by atoms with Gasteiger partial charge in [0, 0.05) is 20.0 Å². The van der Waals surface area contributed by atoms with Crippen molar-refractivity contribution in [3.63, 3.8) is 0 Å². The minimum absolute atomic E-state index is 0.0143. The Labute approximate surface area is 142 Å². The van der Waals surface area contributed by atoms with Crippen LogP contribution in [0.5, 0.6) is 0 Å². The second-order valence-electron chi connectivity index (χ2n) is 6.37. The third-order valence-electron chi connectivity index (χ3n) is 4.65. The van der Waals surface area contributed by atoms with Crippen molar-refractivity contribution in [1.29, 1.82) is 0 Å². The zero-order valence-electron chi connectivity index (χ0n) is 14.0. The number of carbonyl (C=O) groups is 2. The van der Waals surface area contributed by atoms with E-state index in [4.69, 9.17) is 0 Å². The molecule has 24 heavy (non-hydrogen) atoms. The molecular formula is C20H22N2O2. The van der Waals surface area contributed by atoms with Crippen molar-refractivity contribution in [2.24, 2.45) is 5.92 Å². The monoisotopic (exact) mass is 322 g/mol. The third kappa shape index (κ3) is 3.32. The molecule has 0 saturated carbocycles. The van der Waals surface area contributed by atoms with Gasteiger partial charge in [-0.2, -0.15) is 0 Å². The van der Waals surface area contributed by atoms with Crippen LogP contribution in [0.1, 0.15) is 29.2 Å². The normalized spacial score (nSPS) is 20.2. The maximum absolute atomic E-state index is 12.7. The fourth-order valence-corrected chi connectivity index (χ4v) is 3.24. The first-order chi connectivity index (χ1) is 11.6. The molecule has 4 heteroatoms. The fraction of sp³-hybridized carbons (Fsp3) is 0.300. The molecule has 0 bridgehead atoms. The van der Waals surface area contributed by atoms with Gasteiger partial charge in [-0.25, -0.2) is 0 Å². The molecule has 0 aromatic heterocycles. The molecule has 124 valence electrons. The van der Waals surface area contributed by atoms with E-state index in [0.717, 1.165) is 16.7 Å². The Balaban J connectivity index is 1.75. The van der Waals surface area contributed by atoms with Crippen LogP contribution in [-0.4, -0.2) is 23.8 Å². The number of nitrogens with zero attached hydrogens (tertiary/aromatic N) is 1. The second kappa shape index (κ2) is 6.87. The summed E-state index contributed by atoms with van der Waals surface area (Å²) < 4.78 is 0. The van der Waals surface area contributed by atoms with Gasteiger partial charge in [-0.3, -0.25) is 9.59 Å². The van der Waals surface area contributed by atoms with E-state index in [0.29, 0.717) is 6.54 Å². The first-order valence-electron chi connectivity index (χ1n) is 8.20. The van der Waals surface area contributed by atoms with Gasteiger partial charge in [0.2, 0.25) is 11.8 Å². The number of hydrogen-bond acceptors (Lipinski definition) is 2. The number of nitrogens with one attached hydrogen (secondary N) is 1. The molecule has 0 radical (unpaired) electrons. The quantitative estimate of drug-likeness (QED) is 0.941. The average molecular weight is 322 g/mol. The number of amides is 2. The zero-order valence-corrected chi connectivity index (χ0v) is 14.0. The van der Waals surface area contributed by atoms with Gasteiger partial charge < -0.3 is 10.2 Å². The maximum atomic E-state index is 12.7. The van der Waals surface area contributed by atoms with Crippen LogP contribution in [0.3, 0.4) is 0 Å². The molecule has 1 fully saturated rings. The lowest BCUT2D eigenvalue weighted by atomic mass is 9.92. The average Bonchev–Trinajstić information content (AvgIpc) is 2.90. The Hall–Kier alpha value is -2.62. The molecule has 1 saturated heterocycles. The summed E-state index contributed by atoms with van der Waals surface area (Å²) in [4.78, 5) is 26.5. The van der Waals surface area contributed by atoms with E-state index < -0.39 is 0 Å². The molecule has 2 atom stereocenters. The van der Waals surface area contributed by atoms with Crippen molar-refractivity contribution in [2.75, 3.05) is 7.05 Å². The van der Waals surface area contributed by atoms with Gasteiger partial charge in [-0.05, 0) is 18.1 Å². The summed E-state index contributed by atoms with van der Waals surface area (Å²) in [6.45, 7) is 2.51. The van der Waals surface area contributed by atoms with Crippen LogP contribution >= 0.6 is 0 Å². The van der Waals surface area contributed by atoms with Crippen LogP contribution in [-0.2, 0) is 16.1 Å². The molecule has 1 N–H and O–H groups in total. The van der Waals surface area contributed by atoms with Crippen LogP contribution in [0.2, 0.25) is 0 Å². The van der Waals surface area contributed by atoms with Crippen LogP contribution in [0.25, 0.3) is 0 Å². The van der Waals surface area contributed by atoms with Gasteiger partial charge in [0.05, 0.1) is 12.0 Å². The molecule has 0 unspecified atom stereocenters. The minimum Gasteiger partial charge on any atom is -0.352 e. The topological polar surface area (TPSA) is 49.4 Å². The lowest BCUT2D eigenvalue weighted by Crippen LogP contribution is -2.34. The highest BCUT2D eigenvalue weighted by Crippen LogP contribution is 2.37. The van der Waals surface area contributed by atoms with E-state index in [9.17, 15) is 9.59 Å². The predicted octanol–water partition coefficient (Wildman–Crippen LogP) is 2.83. The fourth-order valence-electron chi connectivity index (χ4n) is 3.24. The molecule has 1 aliphatic heterocycles. The highest BCUT2D eigenvalue weighted by Gasteiger charge is 2.42. The van der Waals surface area contributed by atoms with Crippen molar-refractivity contribution in [3.8, 4) is 0 Å². The minimum atomic E-state index is -0.353. The summed E-state index contributed by atoms with van der Waals surface area (Å²) >= 11 is 0. The van der Waals surface area contributed by atoms with Crippen molar-refractivity contribution in [1.82, 2.24) is 10.2 Å². The summed E-state index contributed by atoms with van der Waals surface area (Å²) in [6.07, 6.45) is 0.260. The van der Waals surface area contributed by atoms with Crippen molar-refractivity contribution in [3.05, 3.63) is 71.3 Å². The Bertz CT molecular complexity index is 725. The summed E-state index contributed by atoms with van der Waals surface area (Å²) in [5.74, 6) is -0.406. The Morgan fingerprint density at radius 1 is 1.12 bits per heavy atom. The Morgan fingerprint density at radius 2 is 1.79 bits per heavy atom. The predicted molar refractivity (Wildman–Crippen MR) is 93.1 cm³/mol. The lowest BCUT2D eigenvalue weighted by Gasteiger charge is -2.25.